The van der Waals surface area contributed by atoms with Gasteiger partial charge in [-0.3, -0.25) is 0 Å². The smallest absolute Gasteiger partial charge is 0.216 e. The fourth-order valence-electron chi connectivity index (χ4n) is 2.23. The molecule has 1 rings (SSSR count). The van der Waals surface area contributed by atoms with E-state index in [9.17, 15) is 0 Å². The number of nitrogens with one attached hydrogen (secondary N) is 1. The zero-order valence-electron chi connectivity index (χ0n) is 12.1. The molecular weight excluding hydrogens is 226 g/mol. The van der Waals surface area contributed by atoms with Crippen molar-refractivity contribution in [2.24, 2.45) is 5.92 Å². The minimum absolute atomic E-state index is 0.298. The van der Waals surface area contributed by atoms with Crippen LogP contribution in [0.15, 0.2) is 12.3 Å². The average Bonchev–Trinajstić information content (AvgIpc) is 2.36. The van der Waals surface area contributed by atoms with Crippen molar-refractivity contribution in [3.8, 4) is 5.88 Å². The minimum Gasteiger partial charge on any atom is -0.481 e. The molecule has 0 amide bonds. The van der Waals surface area contributed by atoms with Crippen LogP contribution in [-0.2, 0) is 0 Å². The van der Waals surface area contributed by atoms with Crippen LogP contribution in [0.1, 0.15) is 45.9 Å². The van der Waals surface area contributed by atoms with Gasteiger partial charge in [-0.1, -0.05) is 20.8 Å². The van der Waals surface area contributed by atoms with E-state index in [0.29, 0.717) is 23.8 Å². The molecule has 0 aliphatic carbocycles. The summed E-state index contributed by atoms with van der Waals surface area (Å²) < 4.78 is 5.17. The zero-order chi connectivity index (χ0) is 13.5. The molecule has 0 aliphatic rings. The number of methoxy groups -OCH3 is 1. The quantitative estimate of drug-likeness (QED) is 0.809. The van der Waals surface area contributed by atoms with Crippen LogP contribution in [0, 0.1) is 5.92 Å². The van der Waals surface area contributed by atoms with Crippen molar-refractivity contribution in [3.63, 3.8) is 0 Å². The van der Waals surface area contributed by atoms with Crippen LogP contribution in [0.2, 0.25) is 0 Å². The summed E-state index contributed by atoms with van der Waals surface area (Å²) in [4.78, 5) is 8.88. The molecule has 1 aromatic heterocycles. The lowest BCUT2D eigenvalue weighted by Crippen LogP contribution is -2.36. The number of nitrogens with zero attached hydrogens (tertiary/aromatic N) is 2. The van der Waals surface area contributed by atoms with Crippen LogP contribution in [-0.4, -0.2) is 29.7 Å². The fourth-order valence-corrected chi connectivity index (χ4v) is 2.23. The zero-order valence-corrected chi connectivity index (χ0v) is 12.1. The summed E-state index contributed by atoms with van der Waals surface area (Å²) in [6.07, 6.45) is 2.90. The summed E-state index contributed by atoms with van der Waals surface area (Å²) >= 11 is 0. The van der Waals surface area contributed by atoms with E-state index >= 15 is 0 Å². The van der Waals surface area contributed by atoms with Crippen LogP contribution in [0.3, 0.4) is 0 Å². The second-order valence-corrected chi connectivity index (χ2v) is 4.97. The average molecular weight is 251 g/mol. The number of rotatable bonds is 7. The molecule has 2 unspecified atom stereocenters. The predicted octanol–water partition coefficient (Wildman–Crippen LogP) is 2.61. The van der Waals surface area contributed by atoms with Gasteiger partial charge in [0, 0.05) is 24.2 Å². The first-order chi connectivity index (χ1) is 8.60. The van der Waals surface area contributed by atoms with Crippen molar-refractivity contribution in [2.75, 3.05) is 13.7 Å². The molecule has 18 heavy (non-hydrogen) atoms. The van der Waals surface area contributed by atoms with E-state index in [1.807, 2.05) is 0 Å². The van der Waals surface area contributed by atoms with E-state index in [4.69, 9.17) is 4.74 Å². The Bertz CT molecular complexity index is 355. The predicted molar refractivity (Wildman–Crippen MR) is 73.9 cm³/mol. The highest BCUT2D eigenvalue weighted by atomic mass is 16.5. The van der Waals surface area contributed by atoms with E-state index in [2.05, 4.69) is 43.0 Å². The largest absolute Gasteiger partial charge is 0.481 e. The normalized spacial score (nSPS) is 14.6. The molecule has 0 saturated carbocycles. The Morgan fingerprint density at radius 3 is 2.61 bits per heavy atom. The van der Waals surface area contributed by atoms with Gasteiger partial charge in [0.2, 0.25) is 5.88 Å². The molecule has 1 N–H and O–H groups in total. The molecule has 102 valence electrons. The van der Waals surface area contributed by atoms with Gasteiger partial charge in [-0.15, -0.1) is 0 Å². The van der Waals surface area contributed by atoms with Crippen molar-refractivity contribution in [3.05, 3.63) is 18.1 Å². The second-order valence-electron chi connectivity index (χ2n) is 4.97. The lowest BCUT2D eigenvalue weighted by Gasteiger charge is -2.27. The van der Waals surface area contributed by atoms with Gasteiger partial charge in [0.25, 0.3) is 0 Å². The van der Waals surface area contributed by atoms with Gasteiger partial charge in [-0.25, -0.2) is 4.98 Å². The number of hydrogen-bond donors (Lipinski definition) is 1. The number of hydrogen-bond acceptors (Lipinski definition) is 4. The van der Waals surface area contributed by atoms with Crippen molar-refractivity contribution in [1.29, 1.82) is 0 Å². The van der Waals surface area contributed by atoms with E-state index < -0.39 is 0 Å². The molecule has 0 fully saturated rings. The fraction of sp³-hybridized carbons (Fsp3) is 0.714. The molecule has 4 nitrogen and oxygen atoms in total. The molecule has 0 saturated heterocycles. The van der Waals surface area contributed by atoms with E-state index in [1.165, 1.54) is 0 Å². The van der Waals surface area contributed by atoms with E-state index in [1.54, 1.807) is 19.4 Å². The maximum Gasteiger partial charge on any atom is 0.216 e. The molecule has 0 aromatic carbocycles. The van der Waals surface area contributed by atoms with Gasteiger partial charge < -0.3 is 10.1 Å². The summed E-state index contributed by atoms with van der Waals surface area (Å²) in [5, 5.41) is 3.53. The third-order valence-electron chi connectivity index (χ3n) is 3.13. The van der Waals surface area contributed by atoms with Gasteiger partial charge >= 0.3 is 0 Å². The molecule has 0 aliphatic heterocycles. The lowest BCUT2D eigenvalue weighted by molar-refractivity contribution is 0.351. The molecule has 1 heterocycles. The van der Waals surface area contributed by atoms with Gasteiger partial charge in [0.1, 0.15) is 5.82 Å². The van der Waals surface area contributed by atoms with E-state index in [0.717, 1.165) is 18.8 Å². The molecule has 0 radical (unpaired) electrons. The standard InChI is InChI=1S/C14H25N3O/c1-6-8-15-11(4)13(10(2)3)14-16-9-7-12(17-14)18-5/h7,9-11,13,15H,6,8H2,1-5H3. The van der Waals surface area contributed by atoms with Gasteiger partial charge in [-0.05, 0) is 25.8 Å². The van der Waals surface area contributed by atoms with Crippen molar-refractivity contribution in [1.82, 2.24) is 15.3 Å². The maximum absolute atomic E-state index is 5.17. The molecular formula is C14H25N3O. The van der Waals surface area contributed by atoms with Crippen molar-refractivity contribution >= 4 is 0 Å². The minimum atomic E-state index is 0.298. The topological polar surface area (TPSA) is 47.0 Å². The van der Waals surface area contributed by atoms with Crippen LogP contribution in [0.5, 0.6) is 5.88 Å². The first-order valence-corrected chi connectivity index (χ1v) is 6.70. The summed E-state index contributed by atoms with van der Waals surface area (Å²) in [6.45, 7) is 9.80. The van der Waals surface area contributed by atoms with Crippen molar-refractivity contribution in [2.45, 2.75) is 46.1 Å². The van der Waals surface area contributed by atoms with Gasteiger partial charge in [0.05, 0.1) is 7.11 Å². The summed E-state index contributed by atoms with van der Waals surface area (Å²) in [6, 6.07) is 2.14. The van der Waals surface area contributed by atoms with Crippen LogP contribution >= 0.6 is 0 Å². The van der Waals surface area contributed by atoms with Crippen LogP contribution < -0.4 is 10.1 Å². The summed E-state index contributed by atoms with van der Waals surface area (Å²) in [7, 11) is 1.63. The van der Waals surface area contributed by atoms with Crippen LogP contribution in [0.25, 0.3) is 0 Å². The first kappa shape index (κ1) is 14.9. The Kier molecular flexibility index (Phi) is 6.05. The van der Waals surface area contributed by atoms with Gasteiger partial charge in [-0.2, -0.15) is 4.98 Å². The molecule has 0 spiro atoms. The lowest BCUT2D eigenvalue weighted by atomic mass is 9.88. The Balaban J connectivity index is 2.89. The second kappa shape index (κ2) is 7.31. The maximum atomic E-state index is 5.17. The Hall–Kier alpha value is -1.16. The SMILES string of the molecule is CCCNC(C)C(c1nccc(OC)n1)C(C)C. The summed E-state index contributed by atoms with van der Waals surface area (Å²) in [5.41, 5.74) is 0. The first-order valence-electron chi connectivity index (χ1n) is 6.70. The molecule has 1 aromatic rings. The Morgan fingerprint density at radius 1 is 1.33 bits per heavy atom. The molecule has 4 heteroatoms. The number of ether oxygens (including phenoxy) is 1. The molecule has 2 atom stereocenters. The highest BCUT2D eigenvalue weighted by molar-refractivity contribution is 5.12. The highest BCUT2D eigenvalue weighted by Gasteiger charge is 2.25. The number of aromatic nitrogens is 2. The Labute approximate surface area is 110 Å². The van der Waals surface area contributed by atoms with Crippen molar-refractivity contribution < 1.29 is 4.74 Å². The third kappa shape index (κ3) is 3.95. The Morgan fingerprint density at radius 2 is 2.06 bits per heavy atom. The monoisotopic (exact) mass is 251 g/mol. The summed E-state index contributed by atoms with van der Waals surface area (Å²) in [5.74, 6) is 2.27. The van der Waals surface area contributed by atoms with E-state index in [-0.39, 0.29) is 0 Å². The van der Waals surface area contributed by atoms with Gasteiger partial charge in [0.15, 0.2) is 0 Å². The highest BCUT2D eigenvalue weighted by Crippen LogP contribution is 2.26. The van der Waals surface area contributed by atoms with Crippen LogP contribution in [0.4, 0.5) is 0 Å². The molecule has 0 bridgehead atoms. The third-order valence-corrected chi connectivity index (χ3v) is 3.13.